The van der Waals surface area contributed by atoms with E-state index >= 15 is 0 Å². The van der Waals surface area contributed by atoms with Crippen molar-refractivity contribution in [1.82, 2.24) is 4.90 Å². The van der Waals surface area contributed by atoms with Crippen molar-refractivity contribution in [3.63, 3.8) is 0 Å². The third-order valence-electron chi connectivity index (χ3n) is 5.40. The highest BCUT2D eigenvalue weighted by atomic mass is 19.4. The average molecular weight is 477 g/mol. The molecule has 0 aliphatic carbocycles. The van der Waals surface area contributed by atoms with E-state index < -0.39 is 35.3 Å². The van der Waals surface area contributed by atoms with E-state index in [0.29, 0.717) is 17.2 Å². The molecule has 0 saturated carbocycles. The zero-order valence-corrected chi connectivity index (χ0v) is 18.3. The number of anilines is 2. The molecule has 1 aliphatic rings. The molecule has 1 saturated heterocycles. The van der Waals surface area contributed by atoms with Crippen molar-refractivity contribution in [3.05, 3.63) is 47.5 Å². The van der Waals surface area contributed by atoms with Gasteiger partial charge in [-0.15, -0.1) is 0 Å². The third kappa shape index (κ3) is 5.09. The van der Waals surface area contributed by atoms with Crippen LogP contribution in [0.5, 0.6) is 11.5 Å². The number of carbonyl (C=O) groups is 2. The quantitative estimate of drug-likeness (QED) is 0.683. The van der Waals surface area contributed by atoms with Crippen molar-refractivity contribution in [2.45, 2.75) is 12.2 Å². The number of ether oxygens (including phenoxy) is 2. The molecular weight excluding hydrogens is 455 g/mol. The Kier molecular flexibility index (Phi) is 7.05. The second kappa shape index (κ2) is 9.78. The number of nitrogens with two attached hydrogens (primary N) is 1. The number of nitriles is 1. The van der Waals surface area contributed by atoms with Crippen LogP contribution < -0.4 is 25.4 Å². The van der Waals surface area contributed by atoms with Crippen molar-refractivity contribution in [2.24, 2.45) is 5.73 Å². The number of urea groups is 1. The molecule has 9 nitrogen and oxygen atoms in total. The summed E-state index contributed by atoms with van der Waals surface area (Å²) in [5, 5.41) is 11.6. The highest BCUT2D eigenvalue weighted by Gasteiger charge is 2.37. The Morgan fingerprint density at radius 2 is 1.82 bits per heavy atom. The van der Waals surface area contributed by atoms with Gasteiger partial charge in [-0.05, 0) is 30.3 Å². The minimum atomic E-state index is -4.72. The maximum atomic E-state index is 13.3. The van der Waals surface area contributed by atoms with Gasteiger partial charge in [0.2, 0.25) is 5.91 Å². The largest absolute Gasteiger partial charge is 0.493 e. The van der Waals surface area contributed by atoms with E-state index in [-0.39, 0.29) is 25.3 Å². The fourth-order valence-electron chi connectivity index (χ4n) is 3.67. The first-order valence-electron chi connectivity index (χ1n) is 10.0. The molecule has 3 N–H and O–H groups in total. The van der Waals surface area contributed by atoms with E-state index in [9.17, 15) is 22.8 Å². The summed E-state index contributed by atoms with van der Waals surface area (Å²) in [6.07, 6.45) is -4.72. The standard InChI is InChI=1S/C22H22F3N5O4/c1-33-18-6-4-14(9-19(18)34-2)28-21(32)30-8-7-29(12-17(30)20(27)31)15-5-3-13(11-26)16(10-15)22(23,24)25/h3-6,9-10,17H,7-8,12H2,1-2H3,(H2,27,31)(H,28,32). The lowest BCUT2D eigenvalue weighted by atomic mass is 10.0. The summed E-state index contributed by atoms with van der Waals surface area (Å²) in [5.74, 6) is 0.0412. The molecule has 1 atom stereocenters. The molecule has 1 heterocycles. The third-order valence-corrected chi connectivity index (χ3v) is 5.40. The average Bonchev–Trinajstić information content (AvgIpc) is 2.82. The summed E-state index contributed by atoms with van der Waals surface area (Å²) in [4.78, 5) is 27.7. The molecule has 3 rings (SSSR count). The Morgan fingerprint density at radius 1 is 1.12 bits per heavy atom. The van der Waals surface area contributed by atoms with Crippen LogP contribution in [0.25, 0.3) is 0 Å². The number of carbonyl (C=O) groups excluding carboxylic acids is 2. The predicted octanol–water partition coefficient (Wildman–Crippen LogP) is 2.80. The van der Waals surface area contributed by atoms with E-state index in [2.05, 4.69) is 5.32 Å². The van der Waals surface area contributed by atoms with Gasteiger partial charge in [0.05, 0.1) is 31.4 Å². The Hall–Kier alpha value is -4.14. The summed E-state index contributed by atoms with van der Waals surface area (Å²) in [7, 11) is 2.91. The van der Waals surface area contributed by atoms with Crippen molar-refractivity contribution in [2.75, 3.05) is 44.1 Å². The molecular formula is C22H22F3N5O4. The van der Waals surface area contributed by atoms with Gasteiger partial charge >= 0.3 is 12.2 Å². The molecule has 0 aromatic heterocycles. The molecule has 0 radical (unpaired) electrons. The number of amides is 3. The van der Waals surface area contributed by atoms with Gasteiger partial charge in [-0.25, -0.2) is 4.79 Å². The monoisotopic (exact) mass is 477 g/mol. The van der Waals surface area contributed by atoms with Crippen LogP contribution in [0.4, 0.5) is 29.3 Å². The molecule has 1 aliphatic heterocycles. The lowest BCUT2D eigenvalue weighted by molar-refractivity contribution is -0.137. The number of primary amides is 1. The van der Waals surface area contributed by atoms with E-state index in [4.69, 9.17) is 20.5 Å². The number of rotatable bonds is 5. The molecule has 0 spiro atoms. The summed E-state index contributed by atoms with van der Waals surface area (Å²) in [6, 6.07) is 7.86. The second-order valence-corrected chi connectivity index (χ2v) is 7.40. The minimum Gasteiger partial charge on any atom is -0.493 e. The number of piperazine rings is 1. The van der Waals surface area contributed by atoms with Crippen LogP contribution in [0.3, 0.4) is 0 Å². The Morgan fingerprint density at radius 3 is 2.41 bits per heavy atom. The van der Waals surface area contributed by atoms with Gasteiger partial charge in [0, 0.05) is 37.1 Å². The van der Waals surface area contributed by atoms with Gasteiger partial charge in [-0.2, -0.15) is 18.4 Å². The summed E-state index contributed by atoms with van der Waals surface area (Å²) in [6.45, 7) is 0.0539. The molecule has 2 aromatic rings. The highest BCUT2D eigenvalue weighted by Crippen LogP contribution is 2.35. The number of hydrogen-bond donors (Lipinski definition) is 2. The van der Waals surface area contributed by atoms with Crippen LogP contribution in [0.15, 0.2) is 36.4 Å². The molecule has 34 heavy (non-hydrogen) atoms. The number of alkyl halides is 3. The van der Waals surface area contributed by atoms with Crippen LogP contribution in [-0.4, -0.2) is 56.7 Å². The second-order valence-electron chi connectivity index (χ2n) is 7.40. The Bertz CT molecular complexity index is 1130. The SMILES string of the molecule is COc1ccc(NC(=O)N2CCN(c3ccc(C#N)c(C(F)(F)F)c3)CC2C(N)=O)cc1OC. The number of benzene rings is 2. The summed E-state index contributed by atoms with van der Waals surface area (Å²) < 4.78 is 50.4. The maximum absolute atomic E-state index is 13.3. The number of hydrogen-bond acceptors (Lipinski definition) is 6. The van der Waals surface area contributed by atoms with Gasteiger partial charge in [0.1, 0.15) is 6.04 Å². The fraction of sp³-hybridized carbons (Fsp3) is 0.318. The highest BCUT2D eigenvalue weighted by molar-refractivity contribution is 5.94. The van der Waals surface area contributed by atoms with E-state index in [1.54, 1.807) is 18.2 Å². The van der Waals surface area contributed by atoms with Crippen LogP contribution in [-0.2, 0) is 11.0 Å². The van der Waals surface area contributed by atoms with Crippen molar-refractivity contribution in [3.8, 4) is 17.6 Å². The Labute approximate surface area is 193 Å². The van der Waals surface area contributed by atoms with Gasteiger partial charge in [-0.1, -0.05) is 0 Å². The molecule has 1 fully saturated rings. The van der Waals surface area contributed by atoms with Crippen LogP contribution in [0.2, 0.25) is 0 Å². The van der Waals surface area contributed by atoms with Crippen LogP contribution in [0, 0.1) is 11.3 Å². The minimum absolute atomic E-state index is 0.0219. The fourth-order valence-corrected chi connectivity index (χ4v) is 3.67. The molecule has 3 amide bonds. The van der Waals surface area contributed by atoms with Gasteiger partial charge in [0.25, 0.3) is 0 Å². The number of nitrogens with zero attached hydrogens (tertiary/aromatic N) is 3. The Balaban J connectivity index is 1.80. The van der Waals surface area contributed by atoms with Crippen molar-refractivity contribution >= 4 is 23.3 Å². The van der Waals surface area contributed by atoms with Crippen molar-refractivity contribution < 1.29 is 32.2 Å². The van der Waals surface area contributed by atoms with Crippen LogP contribution >= 0.6 is 0 Å². The number of halogens is 3. The number of methoxy groups -OCH3 is 2. The smallest absolute Gasteiger partial charge is 0.417 e. The molecule has 1 unspecified atom stereocenters. The zero-order valence-electron chi connectivity index (χ0n) is 18.3. The maximum Gasteiger partial charge on any atom is 0.417 e. The van der Waals surface area contributed by atoms with Crippen molar-refractivity contribution in [1.29, 1.82) is 5.26 Å². The summed E-state index contributed by atoms with van der Waals surface area (Å²) in [5.41, 5.74) is 4.48. The summed E-state index contributed by atoms with van der Waals surface area (Å²) >= 11 is 0. The first kappa shape index (κ1) is 24.5. The molecule has 0 bridgehead atoms. The zero-order chi connectivity index (χ0) is 25.0. The molecule has 12 heteroatoms. The normalized spacial score (nSPS) is 15.9. The predicted molar refractivity (Wildman–Crippen MR) is 117 cm³/mol. The van der Waals surface area contributed by atoms with E-state index in [1.165, 1.54) is 36.2 Å². The molecule has 180 valence electrons. The van der Waals surface area contributed by atoms with E-state index in [1.807, 2.05) is 0 Å². The lowest BCUT2D eigenvalue weighted by Crippen LogP contribution is -2.60. The molecule has 2 aromatic carbocycles. The van der Waals surface area contributed by atoms with E-state index in [0.717, 1.165) is 12.1 Å². The van der Waals surface area contributed by atoms with Crippen LogP contribution in [0.1, 0.15) is 11.1 Å². The lowest BCUT2D eigenvalue weighted by Gasteiger charge is -2.41. The topological polar surface area (TPSA) is 121 Å². The van der Waals surface area contributed by atoms with Gasteiger partial charge in [0.15, 0.2) is 11.5 Å². The van der Waals surface area contributed by atoms with Gasteiger partial charge in [-0.3, -0.25) is 4.79 Å². The van der Waals surface area contributed by atoms with Gasteiger partial charge < -0.3 is 30.3 Å². The first-order valence-corrected chi connectivity index (χ1v) is 10.0. The first-order chi connectivity index (χ1) is 16.1. The number of nitrogens with one attached hydrogen (secondary N) is 1.